The minimum atomic E-state index is -0.999. The molecule has 0 amide bonds. The molecule has 0 saturated carbocycles. The molecule has 0 spiro atoms. The summed E-state index contributed by atoms with van der Waals surface area (Å²) in [5.41, 5.74) is 6.01. The van der Waals surface area contributed by atoms with E-state index in [0.29, 0.717) is 5.69 Å². The highest BCUT2D eigenvalue weighted by molar-refractivity contribution is 5.85. The van der Waals surface area contributed by atoms with Crippen LogP contribution >= 0.6 is 24.8 Å². The highest BCUT2D eigenvalue weighted by Crippen LogP contribution is 1.97. The van der Waals surface area contributed by atoms with E-state index in [1.807, 2.05) is 0 Å². The van der Waals surface area contributed by atoms with E-state index in [1.54, 1.807) is 24.4 Å². The molecular weight excluding hydrogens is 227 g/mol. The Bertz CT molecular complexity index is 269. The number of aliphatic carboxylic acids is 1. The van der Waals surface area contributed by atoms with Gasteiger partial charge in [0.2, 0.25) is 0 Å². The summed E-state index contributed by atoms with van der Waals surface area (Å²) in [7, 11) is 0. The molecule has 0 aromatic carbocycles. The van der Waals surface area contributed by atoms with E-state index < -0.39 is 12.0 Å². The average Bonchev–Trinajstić information content (AvgIpc) is 2.06. The van der Waals surface area contributed by atoms with Crippen molar-refractivity contribution < 1.29 is 9.90 Å². The summed E-state index contributed by atoms with van der Waals surface area (Å²) in [6.45, 7) is 0. The molecule has 1 heterocycles. The number of nitrogens with zero attached hydrogens (tertiary/aromatic N) is 1. The van der Waals surface area contributed by atoms with Crippen LogP contribution in [0.15, 0.2) is 24.4 Å². The number of carboxylic acid groups (broad SMARTS) is 1. The van der Waals surface area contributed by atoms with Crippen LogP contribution in [0.2, 0.25) is 0 Å². The molecule has 6 heteroatoms. The Morgan fingerprint density at radius 1 is 1.50 bits per heavy atom. The number of pyridine rings is 1. The Morgan fingerprint density at radius 2 is 2.14 bits per heavy atom. The molecule has 0 unspecified atom stereocenters. The first kappa shape index (κ1) is 15.6. The Kier molecular flexibility index (Phi) is 8.43. The van der Waals surface area contributed by atoms with Crippen LogP contribution in [0.25, 0.3) is 0 Å². The van der Waals surface area contributed by atoms with Crippen LogP contribution in [-0.2, 0) is 11.2 Å². The minimum absolute atomic E-state index is 0. The minimum Gasteiger partial charge on any atom is -0.480 e. The second kappa shape index (κ2) is 7.55. The van der Waals surface area contributed by atoms with Crippen LogP contribution < -0.4 is 5.73 Å². The maximum atomic E-state index is 10.4. The Hall–Kier alpha value is -0.840. The molecule has 1 aromatic rings. The van der Waals surface area contributed by atoms with E-state index >= 15 is 0 Å². The molecular formula is C8H12Cl2N2O2. The number of hydrogen-bond acceptors (Lipinski definition) is 3. The van der Waals surface area contributed by atoms with E-state index in [0.717, 1.165) is 0 Å². The zero-order valence-corrected chi connectivity index (χ0v) is 8.92. The van der Waals surface area contributed by atoms with Gasteiger partial charge in [-0.25, -0.2) is 0 Å². The second-order valence-corrected chi connectivity index (χ2v) is 2.47. The first-order chi connectivity index (χ1) is 5.70. The Balaban J connectivity index is 0. The molecule has 0 saturated heterocycles. The number of carbonyl (C=O) groups is 1. The summed E-state index contributed by atoms with van der Waals surface area (Å²) < 4.78 is 0. The Morgan fingerprint density at radius 3 is 2.57 bits per heavy atom. The molecule has 14 heavy (non-hydrogen) atoms. The van der Waals surface area contributed by atoms with Crippen molar-refractivity contribution >= 4 is 30.8 Å². The van der Waals surface area contributed by atoms with Crippen LogP contribution in [-0.4, -0.2) is 22.1 Å². The van der Waals surface area contributed by atoms with Crippen LogP contribution in [0.3, 0.4) is 0 Å². The molecule has 1 aromatic heterocycles. The predicted molar refractivity (Wildman–Crippen MR) is 58.0 cm³/mol. The fourth-order valence-electron chi connectivity index (χ4n) is 0.831. The number of rotatable bonds is 3. The third kappa shape index (κ3) is 5.01. The van der Waals surface area contributed by atoms with Crippen molar-refractivity contribution in [1.82, 2.24) is 4.98 Å². The number of carboxylic acids is 1. The summed E-state index contributed by atoms with van der Waals surface area (Å²) >= 11 is 0. The Labute approximate surface area is 94.3 Å². The standard InChI is InChI=1S/C8H10N2O2.2ClH/c9-7(8(11)12)5-6-3-1-2-4-10-6;;/h1-4,7H,5,9H2,(H,11,12);2*1H/t7-;;/m1../s1. The molecule has 0 radical (unpaired) electrons. The van der Waals surface area contributed by atoms with Gasteiger partial charge < -0.3 is 10.8 Å². The SMILES string of the molecule is Cl.Cl.N[C@H](Cc1ccccn1)C(=O)O. The third-order valence-electron chi connectivity index (χ3n) is 1.47. The fraction of sp³-hybridized carbons (Fsp3) is 0.250. The molecule has 0 aliphatic carbocycles. The van der Waals surface area contributed by atoms with Crippen molar-refractivity contribution in [2.75, 3.05) is 0 Å². The number of aromatic nitrogens is 1. The second-order valence-electron chi connectivity index (χ2n) is 2.47. The summed E-state index contributed by atoms with van der Waals surface area (Å²) in [5, 5.41) is 8.49. The molecule has 80 valence electrons. The maximum absolute atomic E-state index is 10.4. The van der Waals surface area contributed by atoms with Gasteiger partial charge in [0.1, 0.15) is 6.04 Å². The molecule has 0 fully saturated rings. The summed E-state index contributed by atoms with van der Waals surface area (Å²) in [4.78, 5) is 14.3. The van der Waals surface area contributed by atoms with Crippen molar-refractivity contribution in [3.63, 3.8) is 0 Å². The van der Waals surface area contributed by atoms with E-state index in [4.69, 9.17) is 10.8 Å². The number of nitrogens with two attached hydrogens (primary N) is 1. The monoisotopic (exact) mass is 238 g/mol. The lowest BCUT2D eigenvalue weighted by molar-refractivity contribution is -0.138. The lowest BCUT2D eigenvalue weighted by Gasteiger charge is -2.03. The lowest BCUT2D eigenvalue weighted by Crippen LogP contribution is -2.32. The fourth-order valence-corrected chi connectivity index (χ4v) is 0.831. The first-order valence-corrected chi connectivity index (χ1v) is 3.58. The van der Waals surface area contributed by atoms with Crippen molar-refractivity contribution in [1.29, 1.82) is 0 Å². The highest BCUT2D eigenvalue weighted by atomic mass is 35.5. The van der Waals surface area contributed by atoms with Gasteiger partial charge >= 0.3 is 5.97 Å². The molecule has 3 N–H and O–H groups in total. The molecule has 1 atom stereocenters. The third-order valence-corrected chi connectivity index (χ3v) is 1.47. The zero-order chi connectivity index (χ0) is 8.97. The largest absolute Gasteiger partial charge is 0.480 e. The first-order valence-electron chi connectivity index (χ1n) is 3.58. The van der Waals surface area contributed by atoms with Crippen LogP contribution in [0.5, 0.6) is 0 Å². The summed E-state index contributed by atoms with van der Waals surface area (Å²) in [5.74, 6) is -0.999. The van der Waals surface area contributed by atoms with Gasteiger partial charge in [-0.2, -0.15) is 0 Å². The molecule has 0 bridgehead atoms. The normalized spacial score (nSPS) is 10.6. The molecule has 0 aliphatic heterocycles. The zero-order valence-electron chi connectivity index (χ0n) is 7.29. The van der Waals surface area contributed by atoms with Gasteiger partial charge in [0, 0.05) is 18.3 Å². The number of hydrogen-bond donors (Lipinski definition) is 2. The average molecular weight is 239 g/mol. The van der Waals surface area contributed by atoms with E-state index in [-0.39, 0.29) is 31.2 Å². The summed E-state index contributed by atoms with van der Waals surface area (Å²) in [6.07, 6.45) is 1.89. The van der Waals surface area contributed by atoms with E-state index in [1.165, 1.54) is 0 Å². The molecule has 1 rings (SSSR count). The van der Waals surface area contributed by atoms with Gasteiger partial charge in [0.25, 0.3) is 0 Å². The highest BCUT2D eigenvalue weighted by Gasteiger charge is 2.11. The van der Waals surface area contributed by atoms with Crippen molar-refractivity contribution in [3.8, 4) is 0 Å². The summed E-state index contributed by atoms with van der Waals surface area (Å²) in [6, 6.07) is 4.47. The van der Waals surface area contributed by atoms with Gasteiger partial charge in [-0.3, -0.25) is 9.78 Å². The lowest BCUT2D eigenvalue weighted by atomic mass is 10.1. The topological polar surface area (TPSA) is 76.2 Å². The van der Waals surface area contributed by atoms with Crippen LogP contribution in [0, 0.1) is 0 Å². The maximum Gasteiger partial charge on any atom is 0.320 e. The van der Waals surface area contributed by atoms with Crippen molar-refractivity contribution in [2.45, 2.75) is 12.5 Å². The van der Waals surface area contributed by atoms with Gasteiger partial charge in [-0.15, -0.1) is 24.8 Å². The molecule has 0 aliphatic rings. The van der Waals surface area contributed by atoms with Crippen molar-refractivity contribution in [3.05, 3.63) is 30.1 Å². The predicted octanol–water partition coefficient (Wildman–Crippen LogP) is 0.880. The van der Waals surface area contributed by atoms with E-state index in [2.05, 4.69) is 4.98 Å². The van der Waals surface area contributed by atoms with Gasteiger partial charge in [0.15, 0.2) is 0 Å². The smallest absolute Gasteiger partial charge is 0.320 e. The van der Waals surface area contributed by atoms with Gasteiger partial charge in [0.05, 0.1) is 0 Å². The number of halogens is 2. The van der Waals surface area contributed by atoms with Crippen LogP contribution in [0.4, 0.5) is 0 Å². The quantitative estimate of drug-likeness (QED) is 0.820. The van der Waals surface area contributed by atoms with Gasteiger partial charge in [-0.05, 0) is 12.1 Å². The molecule has 4 nitrogen and oxygen atoms in total. The van der Waals surface area contributed by atoms with Crippen LogP contribution in [0.1, 0.15) is 5.69 Å². The van der Waals surface area contributed by atoms with Crippen molar-refractivity contribution in [2.24, 2.45) is 5.73 Å². The van der Waals surface area contributed by atoms with E-state index in [9.17, 15) is 4.79 Å². The van der Waals surface area contributed by atoms with Gasteiger partial charge in [-0.1, -0.05) is 6.07 Å².